The third-order valence-corrected chi connectivity index (χ3v) is 5.85. The van der Waals surface area contributed by atoms with Gasteiger partial charge in [0.2, 0.25) is 5.91 Å². The minimum Gasteiger partial charge on any atom is -0.325 e. The molecule has 1 N–H and O–H groups in total. The van der Waals surface area contributed by atoms with Crippen molar-refractivity contribution >= 4 is 35.0 Å². The Kier molecular flexibility index (Phi) is 6.42. The van der Waals surface area contributed by atoms with Crippen LogP contribution in [0.2, 0.25) is 5.02 Å². The average Bonchev–Trinajstić information content (AvgIpc) is 3.07. The van der Waals surface area contributed by atoms with E-state index in [-0.39, 0.29) is 11.2 Å². The van der Waals surface area contributed by atoms with Crippen LogP contribution in [0.3, 0.4) is 0 Å². The van der Waals surface area contributed by atoms with E-state index in [9.17, 15) is 4.79 Å². The number of aryl methyl sites for hydroxylation is 2. The van der Waals surface area contributed by atoms with Gasteiger partial charge in [0.05, 0.1) is 5.25 Å². The molecule has 0 saturated carbocycles. The molecule has 0 fully saturated rings. The zero-order valence-electron chi connectivity index (χ0n) is 16.4. The number of nitrogens with one attached hydrogen (secondary N) is 1. The number of hydrogen-bond acceptors (Lipinski definition) is 4. The van der Waals surface area contributed by atoms with Crippen LogP contribution in [-0.2, 0) is 11.3 Å². The predicted molar refractivity (Wildman–Crippen MR) is 116 cm³/mol. The first kappa shape index (κ1) is 20.4. The van der Waals surface area contributed by atoms with Gasteiger partial charge in [-0.25, -0.2) is 0 Å². The SMILES string of the molecule is CCn1c(S[C@@H](C)C(=O)Nc2c(C)cccc2C)nnc1-c1ccc(Cl)cc1. The fourth-order valence-electron chi connectivity index (χ4n) is 2.92. The lowest BCUT2D eigenvalue weighted by molar-refractivity contribution is -0.115. The summed E-state index contributed by atoms with van der Waals surface area (Å²) >= 11 is 7.38. The topological polar surface area (TPSA) is 59.8 Å². The Bertz CT molecular complexity index is 964. The van der Waals surface area contributed by atoms with E-state index in [0.29, 0.717) is 11.6 Å². The Balaban J connectivity index is 1.77. The number of hydrogen-bond donors (Lipinski definition) is 1. The summed E-state index contributed by atoms with van der Waals surface area (Å²) in [7, 11) is 0. The quantitative estimate of drug-likeness (QED) is 0.552. The van der Waals surface area contributed by atoms with Gasteiger partial charge in [-0.1, -0.05) is 41.6 Å². The van der Waals surface area contributed by atoms with Crippen molar-refractivity contribution in [3.05, 3.63) is 58.6 Å². The number of aromatic nitrogens is 3. The van der Waals surface area contributed by atoms with E-state index in [0.717, 1.165) is 33.4 Å². The van der Waals surface area contributed by atoms with Crippen LogP contribution in [0, 0.1) is 13.8 Å². The van der Waals surface area contributed by atoms with Crippen LogP contribution in [-0.4, -0.2) is 25.9 Å². The molecule has 5 nitrogen and oxygen atoms in total. The molecule has 0 aliphatic rings. The van der Waals surface area contributed by atoms with Crippen LogP contribution in [0.1, 0.15) is 25.0 Å². The van der Waals surface area contributed by atoms with Crippen LogP contribution in [0.15, 0.2) is 47.6 Å². The normalized spacial score (nSPS) is 12.0. The van der Waals surface area contributed by atoms with Crippen LogP contribution in [0.5, 0.6) is 0 Å². The first-order valence-electron chi connectivity index (χ1n) is 9.13. The Morgan fingerprint density at radius 1 is 1.14 bits per heavy atom. The maximum atomic E-state index is 12.7. The zero-order valence-corrected chi connectivity index (χ0v) is 17.9. The van der Waals surface area contributed by atoms with Gasteiger partial charge in [0.25, 0.3) is 0 Å². The van der Waals surface area contributed by atoms with Crippen molar-refractivity contribution in [1.82, 2.24) is 14.8 Å². The molecular weight excluding hydrogens is 392 g/mol. The maximum absolute atomic E-state index is 12.7. The number of rotatable bonds is 6. The van der Waals surface area contributed by atoms with Gasteiger partial charge in [-0.2, -0.15) is 0 Å². The van der Waals surface area contributed by atoms with Crippen molar-refractivity contribution in [2.45, 2.75) is 44.6 Å². The van der Waals surface area contributed by atoms with Crippen molar-refractivity contribution in [3.63, 3.8) is 0 Å². The van der Waals surface area contributed by atoms with Crippen LogP contribution >= 0.6 is 23.4 Å². The molecule has 3 rings (SSSR count). The summed E-state index contributed by atoms with van der Waals surface area (Å²) in [5.41, 5.74) is 3.91. The van der Waals surface area contributed by atoms with Gasteiger partial charge in [-0.15, -0.1) is 10.2 Å². The number of nitrogens with zero attached hydrogens (tertiary/aromatic N) is 3. The fourth-order valence-corrected chi connectivity index (χ4v) is 3.96. The van der Waals surface area contributed by atoms with E-state index in [4.69, 9.17) is 11.6 Å². The lowest BCUT2D eigenvalue weighted by atomic mass is 10.1. The molecule has 7 heteroatoms. The average molecular weight is 415 g/mol. The summed E-state index contributed by atoms with van der Waals surface area (Å²) in [5.74, 6) is 0.713. The summed E-state index contributed by atoms with van der Waals surface area (Å²) in [4.78, 5) is 12.7. The highest BCUT2D eigenvalue weighted by Gasteiger charge is 2.21. The van der Waals surface area contributed by atoms with E-state index in [1.54, 1.807) is 0 Å². The smallest absolute Gasteiger partial charge is 0.237 e. The molecule has 0 saturated heterocycles. The molecular formula is C21H23ClN4OS. The molecule has 1 amide bonds. The number of amides is 1. The highest BCUT2D eigenvalue weighted by molar-refractivity contribution is 8.00. The molecule has 28 heavy (non-hydrogen) atoms. The number of halogens is 1. The number of thioether (sulfide) groups is 1. The summed E-state index contributed by atoms with van der Waals surface area (Å²) in [5, 5.41) is 12.8. The second kappa shape index (κ2) is 8.80. The van der Waals surface area contributed by atoms with Crippen LogP contribution < -0.4 is 5.32 Å². The van der Waals surface area contributed by atoms with Gasteiger partial charge in [0, 0.05) is 22.8 Å². The fraction of sp³-hybridized carbons (Fsp3) is 0.286. The molecule has 0 spiro atoms. The molecule has 0 radical (unpaired) electrons. The molecule has 1 atom stereocenters. The first-order chi connectivity index (χ1) is 13.4. The number of anilines is 1. The van der Waals surface area contributed by atoms with Crippen molar-refractivity contribution < 1.29 is 4.79 Å². The number of carbonyl (C=O) groups excluding carboxylic acids is 1. The minimum absolute atomic E-state index is 0.0545. The van der Waals surface area contributed by atoms with Crippen molar-refractivity contribution in [3.8, 4) is 11.4 Å². The zero-order chi connectivity index (χ0) is 20.3. The largest absolute Gasteiger partial charge is 0.325 e. The van der Waals surface area contributed by atoms with Crippen molar-refractivity contribution in [1.29, 1.82) is 0 Å². The van der Waals surface area contributed by atoms with Gasteiger partial charge < -0.3 is 9.88 Å². The van der Waals surface area contributed by atoms with Crippen molar-refractivity contribution in [2.75, 3.05) is 5.32 Å². The van der Waals surface area contributed by atoms with E-state index in [1.807, 2.05) is 74.7 Å². The van der Waals surface area contributed by atoms with Gasteiger partial charge in [-0.3, -0.25) is 4.79 Å². The second-order valence-electron chi connectivity index (χ2n) is 6.57. The second-order valence-corrected chi connectivity index (χ2v) is 8.32. The van der Waals surface area contributed by atoms with E-state index >= 15 is 0 Å². The van der Waals surface area contributed by atoms with E-state index < -0.39 is 0 Å². The third-order valence-electron chi connectivity index (χ3n) is 4.52. The lowest BCUT2D eigenvalue weighted by Gasteiger charge is -2.15. The number of para-hydroxylation sites is 1. The van der Waals surface area contributed by atoms with E-state index in [2.05, 4.69) is 15.5 Å². The standard InChI is InChI=1S/C21H23ClN4OS/c1-5-26-19(16-9-11-17(22)12-10-16)24-25-21(26)28-15(4)20(27)23-18-13(2)7-6-8-14(18)3/h6-12,15H,5H2,1-4H3,(H,23,27)/t15-/m0/s1. The molecule has 146 valence electrons. The highest BCUT2D eigenvalue weighted by Crippen LogP contribution is 2.28. The predicted octanol–water partition coefficient (Wildman–Crippen LogP) is 5.35. The number of carbonyl (C=O) groups is 1. The van der Waals surface area contributed by atoms with Gasteiger partial charge in [-0.05, 0) is 63.1 Å². The lowest BCUT2D eigenvalue weighted by Crippen LogP contribution is -2.23. The molecule has 1 heterocycles. The highest BCUT2D eigenvalue weighted by atomic mass is 35.5. The Hall–Kier alpha value is -2.31. The maximum Gasteiger partial charge on any atom is 0.237 e. The minimum atomic E-state index is -0.313. The van der Waals surface area contributed by atoms with Crippen LogP contribution in [0.4, 0.5) is 5.69 Å². The third kappa shape index (κ3) is 4.39. The summed E-state index contributed by atoms with van der Waals surface area (Å²) in [6, 6.07) is 13.5. The van der Waals surface area contributed by atoms with E-state index in [1.165, 1.54) is 11.8 Å². The Morgan fingerprint density at radius 2 is 1.79 bits per heavy atom. The molecule has 2 aromatic carbocycles. The first-order valence-corrected chi connectivity index (χ1v) is 10.4. The van der Waals surface area contributed by atoms with Crippen LogP contribution in [0.25, 0.3) is 11.4 Å². The molecule has 1 aromatic heterocycles. The molecule has 0 bridgehead atoms. The Labute approximate surface area is 174 Å². The van der Waals surface area contributed by atoms with Gasteiger partial charge in [0.15, 0.2) is 11.0 Å². The monoisotopic (exact) mass is 414 g/mol. The number of benzene rings is 2. The summed E-state index contributed by atoms with van der Waals surface area (Å²) < 4.78 is 2.01. The summed E-state index contributed by atoms with van der Waals surface area (Å²) in [6.07, 6.45) is 0. The molecule has 0 unspecified atom stereocenters. The summed E-state index contributed by atoms with van der Waals surface area (Å²) in [6.45, 7) is 8.61. The Morgan fingerprint density at radius 3 is 2.39 bits per heavy atom. The molecule has 0 aliphatic heterocycles. The van der Waals surface area contributed by atoms with Gasteiger partial charge in [0.1, 0.15) is 0 Å². The van der Waals surface area contributed by atoms with Crippen molar-refractivity contribution in [2.24, 2.45) is 0 Å². The molecule has 0 aliphatic carbocycles. The van der Waals surface area contributed by atoms with Gasteiger partial charge >= 0.3 is 0 Å². The molecule has 3 aromatic rings.